The Hall–Kier alpha value is -2.88. The van der Waals surface area contributed by atoms with E-state index in [1.165, 1.54) is 0 Å². The number of fused-ring (bicyclic) bond motifs is 1. The predicted octanol–water partition coefficient (Wildman–Crippen LogP) is 4.97. The molecule has 1 aliphatic heterocycles. The number of aryl methyl sites for hydroxylation is 1. The molecular weight excluding hydrogens is 483 g/mol. The summed E-state index contributed by atoms with van der Waals surface area (Å²) in [5, 5.41) is 25.1. The molecule has 4 rings (SSSR count). The topological polar surface area (TPSA) is 77.8 Å². The van der Waals surface area contributed by atoms with Crippen LogP contribution >= 0.6 is 0 Å². The molecule has 0 spiro atoms. The first kappa shape index (κ1) is 27.2. The van der Waals surface area contributed by atoms with Crippen LogP contribution in [0.2, 0.25) is 0 Å². The average molecular weight is 518 g/mol. The molecule has 0 radical (unpaired) electrons. The number of ether oxygens (including phenoxy) is 1. The number of piperidine rings is 1. The number of hydrogen-bond acceptors (Lipinski definition) is 6. The molecule has 3 N–H and O–H groups in total. The van der Waals surface area contributed by atoms with Gasteiger partial charge in [-0.2, -0.15) is 0 Å². The van der Waals surface area contributed by atoms with Gasteiger partial charge in [0.2, 0.25) is 0 Å². The quantitative estimate of drug-likeness (QED) is 0.330. The highest BCUT2D eigenvalue weighted by molar-refractivity contribution is 5.84. The number of anilines is 1. The summed E-state index contributed by atoms with van der Waals surface area (Å²) < 4.78 is 46.0. The van der Waals surface area contributed by atoms with Crippen LogP contribution in [0.5, 0.6) is 5.75 Å². The van der Waals surface area contributed by atoms with Gasteiger partial charge in [0.15, 0.2) is 11.6 Å². The second-order valence-corrected chi connectivity index (χ2v) is 9.97. The molecule has 9 heteroatoms. The summed E-state index contributed by atoms with van der Waals surface area (Å²) in [7, 11) is 1.60. The maximum absolute atomic E-state index is 13.8. The molecule has 1 fully saturated rings. The van der Waals surface area contributed by atoms with Crippen molar-refractivity contribution in [3.05, 3.63) is 65.1 Å². The van der Waals surface area contributed by atoms with E-state index in [2.05, 4.69) is 15.2 Å². The van der Waals surface area contributed by atoms with Crippen LogP contribution in [0.1, 0.15) is 42.9 Å². The van der Waals surface area contributed by atoms with Crippen molar-refractivity contribution in [2.75, 3.05) is 45.2 Å². The minimum Gasteiger partial charge on any atom is -0.497 e. The summed E-state index contributed by atoms with van der Waals surface area (Å²) in [4.78, 5) is 6.65. The van der Waals surface area contributed by atoms with Gasteiger partial charge in [-0.15, -0.1) is 0 Å². The highest BCUT2D eigenvalue weighted by Gasteiger charge is 2.34. The van der Waals surface area contributed by atoms with Crippen molar-refractivity contribution in [1.82, 2.24) is 9.88 Å². The number of pyridine rings is 1. The zero-order valence-electron chi connectivity index (χ0n) is 21.2. The van der Waals surface area contributed by atoms with Gasteiger partial charge in [0.25, 0.3) is 0 Å². The molecule has 0 amide bonds. The average Bonchev–Trinajstić information content (AvgIpc) is 2.90. The van der Waals surface area contributed by atoms with Crippen molar-refractivity contribution in [3.63, 3.8) is 0 Å². The number of benzene rings is 2. The third-order valence-corrected chi connectivity index (χ3v) is 7.59. The SMILES string of the molecule is COc1ccc2ncc(C)c([C@H](O)CCC3(CO)CCN(CCNc4cc(F)cc(F)c4F)CC3)c2c1. The zero-order chi connectivity index (χ0) is 26.6. The number of aliphatic hydroxyl groups is 2. The third kappa shape index (κ3) is 6.17. The molecule has 0 bridgehead atoms. The molecule has 6 nitrogen and oxygen atoms in total. The number of aliphatic hydroxyl groups excluding tert-OH is 2. The molecule has 37 heavy (non-hydrogen) atoms. The molecule has 200 valence electrons. The molecule has 1 aromatic heterocycles. The molecule has 0 unspecified atom stereocenters. The lowest BCUT2D eigenvalue weighted by Crippen LogP contribution is -2.43. The van der Waals surface area contributed by atoms with E-state index in [1.54, 1.807) is 13.3 Å². The van der Waals surface area contributed by atoms with Crippen LogP contribution in [0, 0.1) is 29.8 Å². The second kappa shape index (κ2) is 11.7. The summed E-state index contributed by atoms with van der Waals surface area (Å²) >= 11 is 0. The maximum atomic E-state index is 13.8. The largest absolute Gasteiger partial charge is 0.497 e. The van der Waals surface area contributed by atoms with Crippen molar-refractivity contribution in [2.45, 2.75) is 38.7 Å². The van der Waals surface area contributed by atoms with Gasteiger partial charge in [0.05, 0.1) is 24.4 Å². The molecule has 2 heterocycles. The van der Waals surface area contributed by atoms with Crippen LogP contribution in [-0.4, -0.2) is 60.0 Å². The number of rotatable bonds is 10. The van der Waals surface area contributed by atoms with Gasteiger partial charge in [-0.3, -0.25) is 4.98 Å². The van der Waals surface area contributed by atoms with E-state index in [9.17, 15) is 23.4 Å². The fraction of sp³-hybridized carbons (Fsp3) is 0.464. The predicted molar refractivity (Wildman–Crippen MR) is 137 cm³/mol. The third-order valence-electron chi connectivity index (χ3n) is 7.59. The molecule has 2 aromatic carbocycles. The van der Waals surface area contributed by atoms with Crippen LogP contribution in [-0.2, 0) is 0 Å². The standard InChI is InChI=1S/C28H34F3N3O3/c1-18-16-33-23-4-3-20(37-2)15-21(23)26(18)25(36)5-6-28(17-35)7-10-34(11-8-28)12-9-32-24-14-19(29)13-22(30)27(24)31/h3-4,13-16,25,32,35-36H,5-12,17H2,1-2H3/t25-/m1/s1. The van der Waals surface area contributed by atoms with E-state index in [0.29, 0.717) is 37.7 Å². The number of nitrogens with one attached hydrogen (secondary N) is 1. The Morgan fingerprint density at radius 3 is 2.62 bits per heavy atom. The van der Waals surface area contributed by atoms with Crippen molar-refractivity contribution >= 4 is 16.6 Å². The lowest BCUT2D eigenvalue weighted by atomic mass is 9.74. The summed E-state index contributed by atoms with van der Waals surface area (Å²) in [5.41, 5.74) is 2.05. The first-order valence-electron chi connectivity index (χ1n) is 12.6. The zero-order valence-corrected chi connectivity index (χ0v) is 21.2. The molecule has 1 aliphatic rings. The van der Waals surface area contributed by atoms with Crippen molar-refractivity contribution < 1.29 is 28.1 Å². The van der Waals surface area contributed by atoms with Gasteiger partial charge < -0.3 is 25.2 Å². The number of halogens is 3. The molecule has 1 saturated heterocycles. The van der Waals surface area contributed by atoms with Crippen molar-refractivity contribution in [3.8, 4) is 5.75 Å². The van der Waals surface area contributed by atoms with Crippen LogP contribution in [0.3, 0.4) is 0 Å². The first-order chi connectivity index (χ1) is 17.7. The summed E-state index contributed by atoms with van der Waals surface area (Å²) in [6, 6.07) is 7.08. The van der Waals surface area contributed by atoms with E-state index in [1.807, 2.05) is 25.1 Å². The molecule has 0 aliphatic carbocycles. The monoisotopic (exact) mass is 517 g/mol. The van der Waals surface area contributed by atoms with Crippen molar-refractivity contribution in [1.29, 1.82) is 0 Å². The Morgan fingerprint density at radius 2 is 1.92 bits per heavy atom. The van der Waals surface area contributed by atoms with E-state index < -0.39 is 23.6 Å². The number of likely N-dealkylation sites (tertiary alicyclic amines) is 1. The number of methoxy groups -OCH3 is 1. The van der Waals surface area contributed by atoms with E-state index in [4.69, 9.17) is 4.74 Å². The van der Waals surface area contributed by atoms with Crippen LogP contribution in [0.25, 0.3) is 10.9 Å². The Bertz CT molecular complexity index is 1230. The van der Waals surface area contributed by atoms with E-state index in [-0.39, 0.29) is 17.7 Å². The molecular formula is C28H34F3N3O3. The minimum atomic E-state index is -1.22. The van der Waals surface area contributed by atoms with Crippen LogP contribution in [0.4, 0.5) is 18.9 Å². The van der Waals surface area contributed by atoms with Crippen LogP contribution in [0.15, 0.2) is 36.5 Å². The molecule has 1 atom stereocenters. The number of aromatic nitrogens is 1. The van der Waals surface area contributed by atoms with E-state index in [0.717, 1.165) is 54.0 Å². The minimum absolute atomic E-state index is 0.0312. The van der Waals surface area contributed by atoms with Gasteiger partial charge in [-0.1, -0.05) is 0 Å². The number of nitrogens with zero attached hydrogens (tertiary/aromatic N) is 2. The summed E-state index contributed by atoms with van der Waals surface area (Å²) in [6.45, 7) is 4.33. The van der Waals surface area contributed by atoms with Gasteiger partial charge in [-0.05, 0) is 80.4 Å². The lowest BCUT2D eigenvalue weighted by molar-refractivity contribution is 0.0247. The Balaban J connectivity index is 1.33. The van der Waals surface area contributed by atoms with Gasteiger partial charge in [-0.25, -0.2) is 13.2 Å². The van der Waals surface area contributed by atoms with Crippen molar-refractivity contribution in [2.24, 2.45) is 5.41 Å². The fourth-order valence-corrected chi connectivity index (χ4v) is 5.22. The van der Waals surface area contributed by atoms with Gasteiger partial charge in [0, 0.05) is 43.4 Å². The van der Waals surface area contributed by atoms with Crippen LogP contribution < -0.4 is 10.1 Å². The Morgan fingerprint density at radius 1 is 1.16 bits per heavy atom. The van der Waals surface area contributed by atoms with E-state index >= 15 is 0 Å². The second-order valence-electron chi connectivity index (χ2n) is 9.97. The molecule has 3 aromatic rings. The normalized spacial score (nSPS) is 16.6. The van der Waals surface area contributed by atoms with Gasteiger partial charge in [0.1, 0.15) is 11.6 Å². The summed E-state index contributed by atoms with van der Waals surface area (Å²) in [5.74, 6) is -2.44. The highest BCUT2D eigenvalue weighted by Crippen LogP contribution is 2.39. The Labute approximate surface area is 215 Å². The summed E-state index contributed by atoms with van der Waals surface area (Å²) in [6.07, 6.45) is 3.74. The highest BCUT2D eigenvalue weighted by atomic mass is 19.2. The number of hydrogen-bond donors (Lipinski definition) is 3. The smallest absolute Gasteiger partial charge is 0.182 e. The Kier molecular flexibility index (Phi) is 8.56. The fourth-order valence-electron chi connectivity index (χ4n) is 5.22. The maximum Gasteiger partial charge on any atom is 0.182 e. The van der Waals surface area contributed by atoms with Gasteiger partial charge >= 0.3 is 0 Å². The molecule has 0 saturated carbocycles. The lowest BCUT2D eigenvalue weighted by Gasteiger charge is -2.41. The first-order valence-corrected chi connectivity index (χ1v) is 12.6.